The molecule has 5 nitrogen and oxygen atoms in total. The fraction of sp³-hybridized carbons (Fsp3) is 1.00. The van der Waals surface area contributed by atoms with Gasteiger partial charge in [-0.15, -0.1) is 0 Å². The van der Waals surface area contributed by atoms with Crippen molar-refractivity contribution in [1.82, 2.24) is 5.32 Å². The van der Waals surface area contributed by atoms with E-state index in [1.165, 1.54) is 0 Å². The van der Waals surface area contributed by atoms with Crippen LogP contribution in [0, 0.1) is 0 Å². The van der Waals surface area contributed by atoms with Crippen molar-refractivity contribution in [3.05, 3.63) is 0 Å². The molecule has 0 heterocycles. The lowest BCUT2D eigenvalue weighted by Gasteiger charge is -2.14. The Morgan fingerprint density at radius 3 is 2.47 bits per heavy atom. The Bertz CT molecular complexity index is 240. The molecule has 0 aromatic heterocycles. The molecule has 0 aliphatic heterocycles. The van der Waals surface area contributed by atoms with E-state index in [1.807, 2.05) is 6.92 Å². The van der Waals surface area contributed by atoms with Gasteiger partial charge in [0.2, 0.25) is 0 Å². The van der Waals surface area contributed by atoms with Crippen molar-refractivity contribution < 1.29 is 18.1 Å². The summed E-state index contributed by atoms with van der Waals surface area (Å²) < 4.78 is 29.2. The smallest absolute Gasteiger partial charge is 0.264 e. The van der Waals surface area contributed by atoms with E-state index >= 15 is 0 Å². The van der Waals surface area contributed by atoms with Crippen molar-refractivity contribution in [2.75, 3.05) is 18.9 Å². The lowest BCUT2D eigenvalue weighted by molar-refractivity contribution is 0.234. The van der Waals surface area contributed by atoms with E-state index in [4.69, 9.17) is 9.66 Å². The number of aliphatic hydroxyl groups excluding tert-OH is 1. The molecule has 0 saturated heterocycles. The van der Waals surface area contributed by atoms with E-state index in [-0.39, 0.29) is 18.4 Å². The van der Waals surface area contributed by atoms with Crippen LogP contribution in [0.3, 0.4) is 0 Å². The maximum Gasteiger partial charge on any atom is 0.264 e. The van der Waals surface area contributed by atoms with Crippen LogP contribution in [0.1, 0.15) is 32.6 Å². The zero-order valence-corrected chi connectivity index (χ0v) is 9.96. The summed E-state index contributed by atoms with van der Waals surface area (Å²) in [7, 11) is -3.82. The summed E-state index contributed by atoms with van der Waals surface area (Å²) in [6.07, 6.45) is 3.04. The van der Waals surface area contributed by atoms with Gasteiger partial charge in [-0.1, -0.05) is 13.3 Å². The van der Waals surface area contributed by atoms with Crippen molar-refractivity contribution in [2.24, 2.45) is 0 Å². The monoisotopic (exact) mass is 239 g/mol. The molecule has 6 heteroatoms. The van der Waals surface area contributed by atoms with Crippen LogP contribution in [0.25, 0.3) is 0 Å². The highest BCUT2D eigenvalue weighted by atomic mass is 32.2. The number of unbranched alkanes of at least 4 members (excludes halogenated alkanes) is 1. The van der Waals surface area contributed by atoms with Crippen molar-refractivity contribution in [1.29, 1.82) is 0 Å². The highest BCUT2D eigenvalue weighted by Crippen LogP contribution is 1.97. The molecule has 0 amide bonds. The van der Waals surface area contributed by atoms with E-state index in [2.05, 4.69) is 5.32 Å². The molecule has 1 unspecified atom stereocenters. The summed E-state index contributed by atoms with van der Waals surface area (Å²) >= 11 is 0. The second-order valence-corrected chi connectivity index (χ2v) is 5.19. The molecular formula is C9H21NO4S. The molecule has 15 heavy (non-hydrogen) atoms. The highest BCUT2D eigenvalue weighted by molar-refractivity contribution is 7.85. The third kappa shape index (κ3) is 10.1. The average molecular weight is 239 g/mol. The van der Waals surface area contributed by atoms with Gasteiger partial charge in [0, 0.05) is 6.04 Å². The zero-order valence-electron chi connectivity index (χ0n) is 9.15. The van der Waals surface area contributed by atoms with Crippen LogP contribution in [0.15, 0.2) is 0 Å². The Hall–Kier alpha value is -0.170. The van der Waals surface area contributed by atoms with Crippen molar-refractivity contribution in [3.8, 4) is 0 Å². The minimum absolute atomic E-state index is 0.0979. The first-order valence-corrected chi connectivity index (χ1v) is 6.90. The summed E-state index contributed by atoms with van der Waals surface area (Å²) in [5.74, 6) is -0.188. The number of aliphatic hydroxyl groups is 1. The molecule has 0 radical (unpaired) electrons. The average Bonchev–Trinajstić information content (AvgIpc) is 2.14. The van der Waals surface area contributed by atoms with Gasteiger partial charge in [0.05, 0.1) is 12.4 Å². The highest BCUT2D eigenvalue weighted by Gasteiger charge is 2.06. The Kier molecular flexibility index (Phi) is 7.95. The second-order valence-electron chi connectivity index (χ2n) is 3.62. The third-order valence-electron chi connectivity index (χ3n) is 2.12. The van der Waals surface area contributed by atoms with Crippen molar-refractivity contribution in [2.45, 2.75) is 38.6 Å². The molecule has 0 rings (SSSR count). The maximum atomic E-state index is 10.4. The Morgan fingerprint density at radius 1 is 1.33 bits per heavy atom. The molecule has 0 aromatic carbocycles. The van der Waals surface area contributed by atoms with E-state index in [0.29, 0.717) is 19.4 Å². The predicted molar refractivity (Wildman–Crippen MR) is 59.4 cm³/mol. The largest absolute Gasteiger partial charge is 0.395 e. The summed E-state index contributed by atoms with van der Waals surface area (Å²) in [6.45, 7) is 2.82. The van der Waals surface area contributed by atoms with Gasteiger partial charge in [-0.25, -0.2) is 0 Å². The molecular weight excluding hydrogens is 218 g/mol. The van der Waals surface area contributed by atoms with E-state index in [9.17, 15) is 8.42 Å². The number of hydrogen-bond acceptors (Lipinski definition) is 4. The lowest BCUT2D eigenvalue weighted by Crippen LogP contribution is -2.33. The van der Waals surface area contributed by atoms with Gasteiger partial charge in [-0.05, 0) is 25.8 Å². The van der Waals surface area contributed by atoms with E-state index in [0.717, 1.165) is 12.8 Å². The molecule has 0 fully saturated rings. The minimum atomic E-state index is -3.82. The zero-order chi connectivity index (χ0) is 11.7. The van der Waals surface area contributed by atoms with Crippen molar-refractivity contribution >= 4 is 10.1 Å². The van der Waals surface area contributed by atoms with Gasteiger partial charge in [-0.2, -0.15) is 8.42 Å². The Labute approximate surface area is 91.6 Å². The Balaban J connectivity index is 3.44. The molecule has 1 atom stereocenters. The second kappa shape index (κ2) is 8.04. The van der Waals surface area contributed by atoms with Crippen LogP contribution in [0.5, 0.6) is 0 Å². The lowest BCUT2D eigenvalue weighted by atomic mass is 10.2. The van der Waals surface area contributed by atoms with Gasteiger partial charge in [0.25, 0.3) is 10.1 Å². The van der Waals surface area contributed by atoms with Gasteiger partial charge in [0.1, 0.15) is 0 Å². The maximum absolute atomic E-state index is 10.4. The molecule has 92 valence electrons. The summed E-state index contributed by atoms with van der Waals surface area (Å²) in [5.41, 5.74) is 0. The summed E-state index contributed by atoms with van der Waals surface area (Å²) in [6, 6.07) is 0.0979. The third-order valence-corrected chi connectivity index (χ3v) is 2.92. The normalized spacial score (nSPS) is 14.1. The number of nitrogens with one attached hydrogen (secondary N) is 1. The van der Waals surface area contributed by atoms with Crippen LogP contribution in [-0.4, -0.2) is 43.0 Å². The minimum Gasteiger partial charge on any atom is -0.395 e. The van der Waals surface area contributed by atoms with Crippen LogP contribution in [-0.2, 0) is 10.1 Å². The van der Waals surface area contributed by atoms with Gasteiger partial charge in [0.15, 0.2) is 0 Å². The molecule has 0 aromatic rings. The fourth-order valence-corrected chi connectivity index (χ4v) is 1.89. The molecule has 3 N–H and O–H groups in total. The van der Waals surface area contributed by atoms with Gasteiger partial charge < -0.3 is 10.4 Å². The van der Waals surface area contributed by atoms with Gasteiger partial charge >= 0.3 is 0 Å². The molecule has 0 aliphatic rings. The van der Waals surface area contributed by atoms with Crippen LogP contribution < -0.4 is 5.32 Å². The first-order valence-electron chi connectivity index (χ1n) is 5.29. The molecule has 0 saturated carbocycles. The number of rotatable bonds is 9. The van der Waals surface area contributed by atoms with Crippen LogP contribution >= 0.6 is 0 Å². The van der Waals surface area contributed by atoms with Crippen LogP contribution in [0.4, 0.5) is 0 Å². The topological polar surface area (TPSA) is 86.6 Å². The van der Waals surface area contributed by atoms with Gasteiger partial charge in [-0.3, -0.25) is 4.55 Å². The Morgan fingerprint density at radius 2 is 2.00 bits per heavy atom. The molecule has 0 aliphatic carbocycles. The molecule has 0 spiro atoms. The van der Waals surface area contributed by atoms with Crippen LogP contribution in [0.2, 0.25) is 0 Å². The first-order chi connectivity index (χ1) is 6.99. The number of hydrogen-bond donors (Lipinski definition) is 3. The summed E-state index contributed by atoms with van der Waals surface area (Å²) in [4.78, 5) is 0. The van der Waals surface area contributed by atoms with E-state index < -0.39 is 10.1 Å². The standard InChI is InChI=1S/C9H21NO4S/c1-2-5-9(8-11)10-6-3-4-7-15(12,13)14/h9-11H,2-8H2,1H3,(H,12,13,14). The predicted octanol–water partition coefficient (Wildman–Crippen LogP) is 0.405. The SMILES string of the molecule is CCCC(CO)NCCCCS(=O)(=O)O. The first kappa shape index (κ1) is 14.8. The molecule has 0 bridgehead atoms. The quantitative estimate of drug-likeness (QED) is 0.400. The van der Waals surface area contributed by atoms with E-state index in [1.54, 1.807) is 0 Å². The van der Waals surface area contributed by atoms with Crippen molar-refractivity contribution in [3.63, 3.8) is 0 Å². The fourth-order valence-electron chi connectivity index (χ4n) is 1.32. The summed E-state index contributed by atoms with van der Waals surface area (Å²) in [5, 5.41) is 12.1.